The summed E-state index contributed by atoms with van der Waals surface area (Å²) in [5.74, 6) is 0. The molecule has 1 atom stereocenters. The van der Waals surface area contributed by atoms with Crippen LogP contribution >= 0.6 is 7.82 Å². The number of carbonyl (C=O) groups excluding carboxylic acids is 1. The van der Waals surface area contributed by atoms with E-state index in [9.17, 15) is 9.36 Å². The Bertz CT molecular complexity index is 257. The molecule has 7 nitrogen and oxygen atoms in total. The Hall–Kier alpha value is -0.620. The Morgan fingerprint density at radius 1 is 1.40 bits per heavy atom. The van der Waals surface area contributed by atoms with Crippen LogP contribution in [0.1, 0.15) is 20.8 Å². The van der Waals surface area contributed by atoms with Gasteiger partial charge in [-0.1, -0.05) is 0 Å². The minimum Gasteiger partial charge on any atom is -0.438 e. The number of hydrogen-bond donors (Lipinski definition) is 1. The summed E-state index contributed by atoms with van der Waals surface area (Å²) >= 11 is 0. The van der Waals surface area contributed by atoms with E-state index in [0.29, 0.717) is 0 Å². The fourth-order valence-corrected chi connectivity index (χ4v) is 1.50. The van der Waals surface area contributed by atoms with Crippen LogP contribution in [0.15, 0.2) is 0 Å². The second-order valence-electron chi connectivity index (χ2n) is 3.52. The Balaban J connectivity index is 3.95. The highest BCUT2D eigenvalue weighted by Gasteiger charge is 2.29. The summed E-state index contributed by atoms with van der Waals surface area (Å²) in [4.78, 5) is 19.6. The topological polar surface area (TPSA) is 91.3 Å². The summed E-state index contributed by atoms with van der Waals surface area (Å²) in [6.45, 7) is 4.04. The zero-order chi connectivity index (χ0) is 12.1. The molecule has 0 aromatic rings. The van der Waals surface area contributed by atoms with Crippen molar-refractivity contribution in [2.45, 2.75) is 26.4 Å². The molecule has 0 rings (SSSR count). The van der Waals surface area contributed by atoms with Crippen molar-refractivity contribution in [1.82, 2.24) is 0 Å². The molecule has 1 N–H and O–H groups in total. The molecule has 0 fully saturated rings. The summed E-state index contributed by atoms with van der Waals surface area (Å²) in [5, 5.41) is 0. The average Bonchev–Trinajstić information content (AvgIpc) is 1.98. The number of ether oxygens (including phenoxy) is 2. The molecule has 0 heterocycles. The molecule has 1 unspecified atom stereocenters. The Morgan fingerprint density at radius 2 is 1.93 bits per heavy atom. The summed E-state index contributed by atoms with van der Waals surface area (Å²) < 4.78 is 28.6. The monoisotopic (exact) mass is 242 g/mol. The number of phosphoric acid groups is 1. The van der Waals surface area contributed by atoms with Crippen LogP contribution in [-0.2, 0) is 23.1 Å². The minimum atomic E-state index is -4.21. The van der Waals surface area contributed by atoms with Crippen LogP contribution in [0.2, 0.25) is 0 Å². The summed E-state index contributed by atoms with van der Waals surface area (Å²) in [6.07, 6.45) is -1.01. The molecule has 0 aliphatic rings. The second kappa shape index (κ2) is 5.46. The molecule has 0 aromatic carbocycles. The van der Waals surface area contributed by atoms with Gasteiger partial charge in [0, 0.05) is 0 Å². The first-order valence-electron chi connectivity index (χ1n) is 4.05. The number of methoxy groups -OCH3 is 1. The third-order valence-electron chi connectivity index (χ3n) is 0.949. The Labute approximate surface area is 87.9 Å². The van der Waals surface area contributed by atoms with Crippen LogP contribution < -0.4 is 0 Å². The maximum atomic E-state index is 11.2. The number of phosphoric ester groups is 1. The predicted molar refractivity (Wildman–Crippen MR) is 50.1 cm³/mol. The van der Waals surface area contributed by atoms with E-state index in [1.54, 1.807) is 20.8 Å². The van der Waals surface area contributed by atoms with Crippen LogP contribution in [0, 0.1) is 0 Å². The van der Waals surface area contributed by atoms with Gasteiger partial charge >= 0.3 is 14.0 Å². The molecule has 8 heteroatoms. The summed E-state index contributed by atoms with van der Waals surface area (Å²) in [5.41, 5.74) is -0.838. The maximum absolute atomic E-state index is 11.2. The van der Waals surface area contributed by atoms with E-state index in [-0.39, 0.29) is 0 Å². The predicted octanol–water partition coefficient (Wildman–Crippen LogP) is 1.66. The SMILES string of the molecule is COC(=O)OCOP(=O)(O)OC(C)(C)C. The third kappa shape index (κ3) is 8.38. The van der Waals surface area contributed by atoms with Gasteiger partial charge in [-0.25, -0.2) is 13.9 Å². The molecule has 15 heavy (non-hydrogen) atoms. The van der Waals surface area contributed by atoms with Gasteiger partial charge in [0.25, 0.3) is 0 Å². The fourth-order valence-electron chi connectivity index (χ4n) is 0.572. The lowest BCUT2D eigenvalue weighted by molar-refractivity contribution is -0.0145. The zero-order valence-electron chi connectivity index (χ0n) is 9.05. The zero-order valence-corrected chi connectivity index (χ0v) is 9.95. The lowest BCUT2D eigenvalue weighted by Crippen LogP contribution is -2.18. The first-order chi connectivity index (χ1) is 6.66. The lowest BCUT2D eigenvalue weighted by atomic mass is 10.2. The number of hydrogen-bond acceptors (Lipinski definition) is 6. The third-order valence-corrected chi connectivity index (χ3v) is 2.16. The van der Waals surface area contributed by atoms with E-state index in [2.05, 4.69) is 14.0 Å². The van der Waals surface area contributed by atoms with Crippen LogP contribution in [-0.4, -0.2) is 30.6 Å². The van der Waals surface area contributed by atoms with Crippen molar-refractivity contribution in [2.75, 3.05) is 13.9 Å². The molecule has 0 spiro atoms. The first-order valence-corrected chi connectivity index (χ1v) is 5.55. The molecular formula is C7H15O7P. The van der Waals surface area contributed by atoms with Crippen molar-refractivity contribution in [2.24, 2.45) is 0 Å². The van der Waals surface area contributed by atoms with Crippen molar-refractivity contribution in [3.8, 4) is 0 Å². The smallest absolute Gasteiger partial charge is 0.438 e. The van der Waals surface area contributed by atoms with Crippen molar-refractivity contribution in [1.29, 1.82) is 0 Å². The van der Waals surface area contributed by atoms with E-state index in [1.807, 2.05) is 0 Å². The number of rotatable bonds is 4. The van der Waals surface area contributed by atoms with E-state index >= 15 is 0 Å². The lowest BCUT2D eigenvalue weighted by Gasteiger charge is -2.22. The van der Waals surface area contributed by atoms with Crippen molar-refractivity contribution >= 4 is 14.0 Å². The maximum Gasteiger partial charge on any atom is 0.510 e. The first kappa shape index (κ1) is 14.4. The fraction of sp³-hybridized carbons (Fsp3) is 0.857. The van der Waals surface area contributed by atoms with Gasteiger partial charge in [-0.2, -0.15) is 0 Å². The van der Waals surface area contributed by atoms with E-state index in [1.165, 1.54) is 0 Å². The van der Waals surface area contributed by atoms with Gasteiger partial charge in [0.2, 0.25) is 6.79 Å². The van der Waals surface area contributed by atoms with Crippen molar-refractivity contribution in [3.05, 3.63) is 0 Å². The summed E-state index contributed by atoms with van der Waals surface area (Å²) in [6, 6.07) is 0. The largest absolute Gasteiger partial charge is 0.510 e. The van der Waals surface area contributed by atoms with E-state index < -0.39 is 26.4 Å². The van der Waals surface area contributed by atoms with Gasteiger partial charge in [-0.3, -0.25) is 4.52 Å². The van der Waals surface area contributed by atoms with Crippen LogP contribution in [0.5, 0.6) is 0 Å². The number of carbonyl (C=O) groups is 1. The van der Waals surface area contributed by atoms with E-state index in [4.69, 9.17) is 9.42 Å². The van der Waals surface area contributed by atoms with Gasteiger partial charge < -0.3 is 14.4 Å². The Morgan fingerprint density at radius 3 is 2.33 bits per heavy atom. The molecule has 0 aliphatic heterocycles. The van der Waals surface area contributed by atoms with Gasteiger partial charge in [-0.15, -0.1) is 0 Å². The average molecular weight is 242 g/mol. The minimum absolute atomic E-state index is 0.712. The standard InChI is InChI=1S/C7H15O7P/c1-7(2,3)14-15(9,10)13-5-12-6(8)11-4/h5H2,1-4H3,(H,9,10). The highest BCUT2D eigenvalue weighted by Crippen LogP contribution is 2.46. The van der Waals surface area contributed by atoms with Crippen LogP contribution in [0.4, 0.5) is 4.79 Å². The van der Waals surface area contributed by atoms with Crippen LogP contribution in [0.25, 0.3) is 0 Å². The molecular weight excluding hydrogens is 227 g/mol. The van der Waals surface area contributed by atoms with Gasteiger partial charge in [0.15, 0.2) is 0 Å². The Kier molecular flexibility index (Phi) is 5.23. The van der Waals surface area contributed by atoms with Gasteiger partial charge in [0.05, 0.1) is 12.7 Å². The van der Waals surface area contributed by atoms with Crippen molar-refractivity contribution in [3.63, 3.8) is 0 Å². The van der Waals surface area contributed by atoms with Gasteiger partial charge in [0.1, 0.15) is 0 Å². The molecule has 0 bridgehead atoms. The highest BCUT2D eigenvalue weighted by atomic mass is 31.2. The molecule has 0 radical (unpaired) electrons. The molecule has 90 valence electrons. The van der Waals surface area contributed by atoms with Gasteiger partial charge in [-0.05, 0) is 20.8 Å². The molecule has 0 saturated carbocycles. The molecule has 0 saturated heterocycles. The highest BCUT2D eigenvalue weighted by molar-refractivity contribution is 7.47. The summed E-state index contributed by atoms with van der Waals surface area (Å²) in [7, 11) is -3.11. The quantitative estimate of drug-likeness (QED) is 0.455. The molecule has 0 aliphatic carbocycles. The molecule has 0 amide bonds. The normalized spacial score (nSPS) is 15.5. The van der Waals surface area contributed by atoms with Crippen LogP contribution in [0.3, 0.4) is 0 Å². The second-order valence-corrected chi connectivity index (χ2v) is 4.90. The van der Waals surface area contributed by atoms with Crippen molar-refractivity contribution < 1.29 is 32.8 Å². The molecule has 0 aromatic heterocycles. The van der Waals surface area contributed by atoms with E-state index in [0.717, 1.165) is 7.11 Å².